The van der Waals surface area contributed by atoms with Gasteiger partial charge in [0.15, 0.2) is 0 Å². The summed E-state index contributed by atoms with van der Waals surface area (Å²) in [7, 11) is 0. The van der Waals surface area contributed by atoms with E-state index < -0.39 is 0 Å². The van der Waals surface area contributed by atoms with Gasteiger partial charge in [-0.15, -0.1) is 0 Å². The van der Waals surface area contributed by atoms with Gasteiger partial charge in [-0.05, 0) is 53.8 Å². The summed E-state index contributed by atoms with van der Waals surface area (Å²) < 4.78 is 5.94. The van der Waals surface area contributed by atoms with Crippen molar-refractivity contribution in [3.8, 4) is 0 Å². The molecule has 0 unspecified atom stereocenters. The number of fused-ring (bicyclic) bond motifs is 1. The number of benzene rings is 2. The lowest BCUT2D eigenvalue weighted by atomic mass is 10.1. The van der Waals surface area contributed by atoms with E-state index in [1.165, 1.54) is 16.3 Å². The molecule has 0 bridgehead atoms. The monoisotopic (exact) mass is 477 g/mol. The molecule has 2 aromatic heterocycles. The van der Waals surface area contributed by atoms with Gasteiger partial charge < -0.3 is 10.2 Å². The Labute approximate surface area is 202 Å². The van der Waals surface area contributed by atoms with E-state index in [9.17, 15) is 4.79 Å². The van der Waals surface area contributed by atoms with Crippen molar-refractivity contribution in [2.24, 2.45) is 0 Å². The number of carbonyl (C=O) groups excluding carboxylic acids is 1. The molecule has 0 radical (unpaired) electrons. The van der Waals surface area contributed by atoms with E-state index in [1.54, 1.807) is 23.7 Å². The minimum Gasteiger partial charge on any atom is -0.353 e. The topological polar surface area (TPSA) is 61.4 Å². The fourth-order valence-corrected chi connectivity index (χ4v) is 5.03. The van der Waals surface area contributed by atoms with Crippen LogP contribution in [0.3, 0.4) is 0 Å². The van der Waals surface area contributed by atoms with Gasteiger partial charge in [-0.25, -0.2) is 4.98 Å². The number of carbonyl (C=O) groups is 1. The third-order valence-corrected chi connectivity index (χ3v) is 7.02. The second kappa shape index (κ2) is 9.87. The highest BCUT2D eigenvalue weighted by Gasteiger charge is 2.21. The number of nitrogens with one attached hydrogen (secondary N) is 1. The summed E-state index contributed by atoms with van der Waals surface area (Å²) >= 11 is 7.40. The van der Waals surface area contributed by atoms with Crippen LogP contribution in [-0.2, 0) is 6.42 Å². The average molecular weight is 478 g/mol. The maximum atomic E-state index is 12.6. The zero-order chi connectivity index (χ0) is 22.6. The highest BCUT2D eigenvalue weighted by atomic mass is 35.5. The Morgan fingerprint density at radius 3 is 2.61 bits per heavy atom. The van der Waals surface area contributed by atoms with Crippen LogP contribution in [-0.4, -0.2) is 52.9 Å². The van der Waals surface area contributed by atoms with Crippen molar-refractivity contribution in [1.29, 1.82) is 0 Å². The van der Waals surface area contributed by atoms with Crippen molar-refractivity contribution in [3.63, 3.8) is 0 Å². The van der Waals surface area contributed by atoms with Gasteiger partial charge in [-0.2, -0.15) is 4.37 Å². The van der Waals surface area contributed by atoms with Crippen LogP contribution in [0.4, 0.5) is 11.5 Å². The Morgan fingerprint density at radius 2 is 1.79 bits per heavy atom. The van der Waals surface area contributed by atoms with Crippen LogP contribution in [0.2, 0.25) is 5.15 Å². The maximum Gasteiger partial charge on any atom is 0.257 e. The van der Waals surface area contributed by atoms with E-state index in [1.807, 2.05) is 18.2 Å². The number of rotatable bonds is 6. The number of piperazine rings is 1. The molecule has 3 heterocycles. The molecular weight excluding hydrogens is 454 g/mol. The van der Waals surface area contributed by atoms with E-state index in [0.717, 1.165) is 56.2 Å². The molecule has 168 valence electrons. The SMILES string of the molecule is O=C(Nc1ccccc1CCN1CCN(c2nsc3ccccc23)CC1)c1ccc(Cl)nc1. The van der Waals surface area contributed by atoms with Crippen molar-refractivity contribution in [2.75, 3.05) is 42.9 Å². The molecule has 1 amide bonds. The number of aromatic nitrogens is 2. The summed E-state index contributed by atoms with van der Waals surface area (Å²) in [6, 6.07) is 19.7. The average Bonchev–Trinajstić information content (AvgIpc) is 3.28. The Morgan fingerprint density at radius 1 is 1.00 bits per heavy atom. The van der Waals surface area contributed by atoms with Gasteiger partial charge in [0.05, 0.1) is 10.3 Å². The molecule has 2 aromatic carbocycles. The Kier molecular flexibility index (Phi) is 6.53. The number of amides is 1. The minimum absolute atomic E-state index is 0.185. The molecule has 1 N–H and O–H groups in total. The largest absolute Gasteiger partial charge is 0.353 e. The lowest BCUT2D eigenvalue weighted by molar-refractivity contribution is 0.102. The fraction of sp³-hybridized carbons (Fsp3) is 0.240. The predicted molar refractivity (Wildman–Crippen MR) is 136 cm³/mol. The van der Waals surface area contributed by atoms with Crippen LogP contribution < -0.4 is 10.2 Å². The third-order valence-electron chi connectivity index (χ3n) is 5.98. The maximum absolute atomic E-state index is 12.6. The molecule has 1 saturated heterocycles. The number of hydrogen-bond acceptors (Lipinski definition) is 6. The van der Waals surface area contributed by atoms with Crippen molar-refractivity contribution in [2.45, 2.75) is 6.42 Å². The molecule has 4 aromatic rings. The summed E-state index contributed by atoms with van der Waals surface area (Å²) in [4.78, 5) is 21.5. The van der Waals surface area contributed by atoms with Crippen LogP contribution in [0, 0.1) is 0 Å². The smallest absolute Gasteiger partial charge is 0.257 e. The summed E-state index contributed by atoms with van der Waals surface area (Å²) in [5, 5.41) is 4.64. The standard InChI is InChI=1S/C25H24ClN5OS/c26-23-10-9-19(17-27-23)25(32)28-21-7-3-1-5-18(21)11-12-30-13-15-31(16-14-30)24-20-6-2-4-8-22(20)33-29-24/h1-10,17H,11-16H2,(H,28,32). The highest BCUT2D eigenvalue weighted by molar-refractivity contribution is 7.13. The number of pyridine rings is 1. The molecular formula is C25H24ClN5OS. The summed E-state index contributed by atoms with van der Waals surface area (Å²) in [6.45, 7) is 4.88. The van der Waals surface area contributed by atoms with Gasteiger partial charge in [-0.1, -0.05) is 41.9 Å². The molecule has 5 rings (SSSR count). The van der Waals surface area contributed by atoms with Gasteiger partial charge in [0.1, 0.15) is 11.0 Å². The number of halogens is 1. The van der Waals surface area contributed by atoms with Crippen molar-refractivity contribution in [3.05, 3.63) is 83.1 Å². The molecule has 6 nitrogen and oxygen atoms in total. The zero-order valence-electron chi connectivity index (χ0n) is 18.1. The first-order valence-electron chi connectivity index (χ1n) is 11.0. The van der Waals surface area contributed by atoms with Crippen molar-refractivity contribution >= 4 is 50.6 Å². The molecule has 33 heavy (non-hydrogen) atoms. The molecule has 0 atom stereocenters. The van der Waals surface area contributed by atoms with Crippen LogP contribution >= 0.6 is 23.1 Å². The molecule has 0 saturated carbocycles. The number of hydrogen-bond donors (Lipinski definition) is 1. The lowest BCUT2D eigenvalue weighted by Crippen LogP contribution is -2.47. The van der Waals surface area contributed by atoms with Crippen molar-refractivity contribution < 1.29 is 4.79 Å². The number of para-hydroxylation sites is 1. The Bertz CT molecular complexity index is 1250. The third kappa shape index (κ3) is 5.00. The van der Waals surface area contributed by atoms with Crippen molar-refractivity contribution in [1.82, 2.24) is 14.3 Å². The van der Waals surface area contributed by atoms with E-state index in [4.69, 9.17) is 16.0 Å². The van der Waals surface area contributed by atoms with Crippen LogP contribution in [0.1, 0.15) is 15.9 Å². The molecule has 0 aliphatic carbocycles. The first kappa shape index (κ1) is 21.8. The van der Waals surface area contributed by atoms with Gasteiger partial charge in [0.2, 0.25) is 0 Å². The summed E-state index contributed by atoms with van der Waals surface area (Å²) in [6.07, 6.45) is 2.36. The lowest BCUT2D eigenvalue weighted by Gasteiger charge is -2.35. The minimum atomic E-state index is -0.185. The predicted octanol–water partition coefficient (Wildman–Crippen LogP) is 4.96. The van der Waals surface area contributed by atoms with Gasteiger partial charge in [0, 0.05) is 50.0 Å². The quantitative estimate of drug-likeness (QED) is 0.397. The Balaban J connectivity index is 1.18. The van der Waals surface area contributed by atoms with Crippen LogP contribution in [0.15, 0.2) is 66.9 Å². The molecule has 1 aliphatic rings. The molecule has 8 heteroatoms. The van der Waals surface area contributed by atoms with Crippen LogP contribution in [0.5, 0.6) is 0 Å². The van der Waals surface area contributed by atoms with E-state index in [-0.39, 0.29) is 5.91 Å². The van der Waals surface area contributed by atoms with Gasteiger partial charge in [-0.3, -0.25) is 9.69 Å². The molecule has 1 aliphatic heterocycles. The van der Waals surface area contributed by atoms with E-state index in [2.05, 4.69) is 50.4 Å². The van der Waals surface area contributed by atoms with Crippen LogP contribution in [0.25, 0.3) is 10.1 Å². The van der Waals surface area contributed by atoms with Gasteiger partial charge in [0.25, 0.3) is 5.91 Å². The first-order valence-corrected chi connectivity index (χ1v) is 12.1. The molecule has 0 spiro atoms. The summed E-state index contributed by atoms with van der Waals surface area (Å²) in [5.74, 6) is 0.927. The fourth-order valence-electron chi connectivity index (χ4n) is 4.13. The van der Waals surface area contributed by atoms with E-state index >= 15 is 0 Å². The molecule has 1 fully saturated rings. The first-order chi connectivity index (χ1) is 16.2. The summed E-state index contributed by atoms with van der Waals surface area (Å²) in [5.41, 5.74) is 2.45. The normalized spacial score (nSPS) is 14.5. The number of nitrogens with zero attached hydrogens (tertiary/aromatic N) is 4. The van der Waals surface area contributed by atoms with Gasteiger partial charge >= 0.3 is 0 Å². The second-order valence-corrected chi connectivity index (χ2v) is 9.25. The van der Waals surface area contributed by atoms with E-state index in [0.29, 0.717) is 10.7 Å². The number of anilines is 2. The Hall–Kier alpha value is -3.00. The highest BCUT2D eigenvalue weighted by Crippen LogP contribution is 2.30. The zero-order valence-corrected chi connectivity index (χ0v) is 19.6. The second-order valence-electron chi connectivity index (χ2n) is 8.06.